The van der Waals surface area contributed by atoms with Crippen molar-refractivity contribution in [2.45, 2.75) is 0 Å². The second-order valence-electron chi connectivity index (χ2n) is 3.51. The molecule has 5 heteroatoms. The number of carbonyl (C=O) groups excluding carboxylic acids is 1. The minimum Gasteiger partial charge on any atom is -1.00 e. The van der Waals surface area contributed by atoms with Gasteiger partial charge in [-0.05, 0) is 17.4 Å². The molecule has 88 valence electrons. The monoisotopic (exact) mass is 290 g/mol. The summed E-state index contributed by atoms with van der Waals surface area (Å²) >= 11 is 12.0. The minimum absolute atomic E-state index is 0. The summed E-state index contributed by atoms with van der Waals surface area (Å²) in [6, 6.07) is 12.3. The van der Waals surface area contributed by atoms with E-state index in [9.17, 15) is 4.79 Å². The van der Waals surface area contributed by atoms with Crippen molar-refractivity contribution < 1.29 is 25.1 Å². The maximum absolute atomic E-state index is 12.3. The van der Waals surface area contributed by atoms with Crippen LogP contribution < -0.4 is 24.2 Å². The molecule has 2 aromatic rings. The van der Waals surface area contributed by atoms with Crippen molar-refractivity contribution in [3.05, 3.63) is 63.6 Å². The van der Waals surface area contributed by atoms with E-state index < -0.39 is 0 Å². The van der Waals surface area contributed by atoms with Crippen molar-refractivity contribution in [2.75, 3.05) is 0 Å². The van der Waals surface area contributed by atoms with Crippen LogP contribution in [0.3, 0.4) is 0 Å². The van der Waals surface area contributed by atoms with Crippen molar-refractivity contribution in [3.63, 3.8) is 0 Å². The zero-order valence-electron chi connectivity index (χ0n) is 10.8. The second kappa shape index (κ2) is 6.76. The normalized spacial score (nSPS) is 9.72. The first-order valence-electron chi connectivity index (χ1n) is 4.94. The third-order valence-corrected chi connectivity index (χ3v) is 3.53. The average Bonchev–Trinajstić information content (AvgIpc) is 2.29. The van der Waals surface area contributed by atoms with Gasteiger partial charge in [0.15, 0.2) is 5.78 Å². The zero-order chi connectivity index (χ0) is 12.4. The molecule has 1 atom stereocenters. The Bertz CT molecular complexity index is 572. The molecule has 2 rings (SSSR count). The Hall–Kier alpha value is -0.283. The van der Waals surface area contributed by atoms with Crippen molar-refractivity contribution >= 4 is 43.5 Å². The molecule has 0 aromatic heterocycles. The van der Waals surface area contributed by atoms with Gasteiger partial charge >= 0.3 is 18.9 Å². The molecule has 0 aliphatic carbocycles. The fraction of sp³-hybridized carbons (Fsp3) is 0. The number of benzene rings is 2. The van der Waals surface area contributed by atoms with Gasteiger partial charge in [-0.1, -0.05) is 53.5 Å². The zero-order valence-corrected chi connectivity index (χ0v) is 12.4. The Morgan fingerprint density at radius 1 is 1.00 bits per heavy atom. The third-order valence-electron chi connectivity index (χ3n) is 2.40. The van der Waals surface area contributed by atoms with Gasteiger partial charge in [-0.2, -0.15) is 0 Å². The molecule has 1 nitrogen and oxygen atoms in total. The number of ketones is 1. The first-order chi connectivity index (χ1) is 8.11. The van der Waals surface area contributed by atoms with Crippen LogP contribution in [0.5, 0.6) is 0 Å². The van der Waals surface area contributed by atoms with E-state index in [1.54, 1.807) is 24.3 Å². The summed E-state index contributed by atoms with van der Waals surface area (Å²) < 4.78 is 0. The van der Waals surface area contributed by atoms with E-state index in [0.29, 0.717) is 21.2 Å². The van der Waals surface area contributed by atoms with Crippen LogP contribution in [0.15, 0.2) is 42.5 Å². The third kappa shape index (κ3) is 3.18. The van der Waals surface area contributed by atoms with Crippen LogP contribution in [0.25, 0.3) is 0 Å². The Morgan fingerprint density at radius 2 is 1.56 bits per heavy atom. The summed E-state index contributed by atoms with van der Waals surface area (Å²) in [5.74, 6) is -0.161. The first kappa shape index (κ1) is 15.8. The van der Waals surface area contributed by atoms with E-state index in [2.05, 4.69) is 9.24 Å². The SMILES string of the molecule is O=C(c1ccccc1P)c1c(Cl)cccc1Cl.[H-].[Li+]. The van der Waals surface area contributed by atoms with E-state index in [1.165, 1.54) is 0 Å². The van der Waals surface area contributed by atoms with Gasteiger partial charge in [0.1, 0.15) is 0 Å². The van der Waals surface area contributed by atoms with Crippen LogP contribution in [0.4, 0.5) is 0 Å². The van der Waals surface area contributed by atoms with Crippen molar-refractivity contribution in [1.29, 1.82) is 0 Å². The van der Waals surface area contributed by atoms with Crippen molar-refractivity contribution in [1.82, 2.24) is 0 Å². The van der Waals surface area contributed by atoms with Gasteiger partial charge in [-0.15, -0.1) is 9.24 Å². The van der Waals surface area contributed by atoms with E-state index >= 15 is 0 Å². The standard InChI is InChI=1S/C13H9Cl2OP.Li.H/c14-9-5-3-6-10(15)12(9)13(16)8-4-1-2-7-11(8)17;;/h1-7H,17H2;;/q;+1;-1. The Kier molecular flexibility index (Phi) is 5.92. The molecule has 0 fully saturated rings. The Labute approximate surface area is 132 Å². The van der Waals surface area contributed by atoms with Crippen LogP contribution in [0.2, 0.25) is 10.0 Å². The summed E-state index contributed by atoms with van der Waals surface area (Å²) in [7, 11) is 2.53. The van der Waals surface area contributed by atoms with Gasteiger partial charge in [-0.3, -0.25) is 4.79 Å². The fourth-order valence-electron chi connectivity index (χ4n) is 1.55. The summed E-state index contributed by atoms with van der Waals surface area (Å²) in [6.45, 7) is 0. The molecule has 0 N–H and O–H groups in total. The molecule has 0 amide bonds. The van der Waals surface area contributed by atoms with E-state index in [4.69, 9.17) is 23.2 Å². The topological polar surface area (TPSA) is 17.1 Å². The number of halogens is 2. The van der Waals surface area contributed by atoms with Crippen LogP contribution in [0, 0.1) is 0 Å². The summed E-state index contributed by atoms with van der Waals surface area (Å²) in [6.07, 6.45) is 0. The molecular weight excluding hydrogens is 281 g/mol. The molecule has 2 aromatic carbocycles. The summed E-state index contributed by atoms with van der Waals surface area (Å²) in [4.78, 5) is 12.3. The number of hydrogen-bond donors (Lipinski definition) is 0. The molecule has 0 aliphatic rings. The van der Waals surface area contributed by atoms with E-state index in [0.717, 1.165) is 5.30 Å². The van der Waals surface area contributed by atoms with Crippen LogP contribution in [0.1, 0.15) is 17.3 Å². The smallest absolute Gasteiger partial charge is 1.00 e. The molecule has 0 spiro atoms. The minimum atomic E-state index is -0.161. The summed E-state index contributed by atoms with van der Waals surface area (Å²) in [5.41, 5.74) is 0.943. The van der Waals surface area contributed by atoms with Crippen molar-refractivity contribution in [2.24, 2.45) is 0 Å². The van der Waals surface area contributed by atoms with E-state index in [1.807, 2.05) is 18.2 Å². The molecule has 0 bridgehead atoms. The quantitative estimate of drug-likeness (QED) is 0.455. The number of hydrogen-bond acceptors (Lipinski definition) is 1. The number of carbonyl (C=O) groups is 1. The second-order valence-corrected chi connectivity index (χ2v) is 4.95. The van der Waals surface area contributed by atoms with Gasteiger partial charge in [0.05, 0.1) is 15.6 Å². The summed E-state index contributed by atoms with van der Waals surface area (Å²) in [5, 5.41) is 1.57. The van der Waals surface area contributed by atoms with Gasteiger partial charge in [0, 0.05) is 5.56 Å². The molecule has 0 saturated heterocycles. The predicted octanol–water partition coefficient (Wildman–Crippen LogP) is 0.841. The molecule has 1 unspecified atom stereocenters. The molecule has 0 aliphatic heterocycles. The van der Waals surface area contributed by atoms with Gasteiger partial charge < -0.3 is 1.43 Å². The number of rotatable bonds is 2. The first-order valence-corrected chi connectivity index (χ1v) is 6.28. The predicted molar refractivity (Wildman–Crippen MR) is 76.8 cm³/mol. The van der Waals surface area contributed by atoms with E-state index in [-0.39, 0.29) is 26.1 Å². The van der Waals surface area contributed by atoms with Crippen LogP contribution in [-0.4, -0.2) is 5.78 Å². The molecule has 0 saturated carbocycles. The Balaban J connectivity index is 0.00000162. The largest absolute Gasteiger partial charge is 1.00 e. The molecule has 0 radical (unpaired) electrons. The Morgan fingerprint density at radius 3 is 2.11 bits per heavy atom. The van der Waals surface area contributed by atoms with Gasteiger partial charge in [-0.25, -0.2) is 0 Å². The molecular formula is C13H10Cl2LiOP. The maximum Gasteiger partial charge on any atom is 1.00 e. The van der Waals surface area contributed by atoms with Gasteiger partial charge in [0.25, 0.3) is 0 Å². The van der Waals surface area contributed by atoms with Gasteiger partial charge in [0.2, 0.25) is 0 Å². The maximum atomic E-state index is 12.3. The average molecular weight is 291 g/mol. The van der Waals surface area contributed by atoms with Crippen LogP contribution >= 0.6 is 32.4 Å². The fourth-order valence-corrected chi connectivity index (χ4v) is 2.46. The van der Waals surface area contributed by atoms with Crippen molar-refractivity contribution in [3.8, 4) is 0 Å². The van der Waals surface area contributed by atoms with Crippen LogP contribution in [-0.2, 0) is 0 Å². The molecule has 18 heavy (non-hydrogen) atoms. The molecule has 0 heterocycles.